The van der Waals surface area contributed by atoms with Gasteiger partial charge >= 0.3 is 12.1 Å². The molecule has 0 unspecified atom stereocenters. The molecule has 0 atom stereocenters. The predicted molar refractivity (Wildman–Crippen MR) is 141 cm³/mol. The van der Waals surface area contributed by atoms with Crippen LogP contribution >= 0.6 is 0 Å². The maximum absolute atomic E-state index is 12.4. The number of carbonyl (C=O) groups is 4. The van der Waals surface area contributed by atoms with Gasteiger partial charge in [-0.25, -0.2) is 46.7 Å². The maximum Gasteiger partial charge on any atom is 0.347 e. The summed E-state index contributed by atoms with van der Waals surface area (Å²) in [5, 5.41) is 0. The van der Waals surface area contributed by atoms with Crippen molar-refractivity contribution < 1.29 is 36.0 Å². The minimum atomic E-state index is -4.19. The van der Waals surface area contributed by atoms with Crippen molar-refractivity contribution in [3.63, 3.8) is 0 Å². The predicted octanol–water partition coefficient (Wildman–Crippen LogP) is 0.969. The molecule has 0 aliphatic rings. The van der Waals surface area contributed by atoms with Gasteiger partial charge in [-0.1, -0.05) is 41.5 Å². The zero-order valence-electron chi connectivity index (χ0n) is 21.0. The van der Waals surface area contributed by atoms with E-state index in [2.05, 4.69) is 0 Å². The van der Waals surface area contributed by atoms with Gasteiger partial charge in [0.05, 0.1) is 9.79 Å². The summed E-state index contributed by atoms with van der Waals surface area (Å²) in [6.45, 7) is 3.52. The molecular formula is C24H24N6O8S2. The maximum atomic E-state index is 12.4. The first-order valence-electron chi connectivity index (χ1n) is 11.3. The summed E-state index contributed by atoms with van der Waals surface area (Å²) >= 11 is 0. The zero-order chi connectivity index (χ0) is 29.5. The number of amides is 6. The lowest BCUT2D eigenvalue weighted by atomic mass is 10.1. The number of benzene rings is 3. The van der Waals surface area contributed by atoms with Crippen LogP contribution in [-0.4, -0.2) is 40.7 Å². The summed E-state index contributed by atoms with van der Waals surface area (Å²) in [4.78, 5) is 48.5. The lowest BCUT2D eigenvalue weighted by Gasteiger charge is -2.11. The average Bonchev–Trinajstić information content (AvgIpc) is 2.90. The number of hydrazine groups is 2. The molecule has 0 radical (unpaired) electrons. The summed E-state index contributed by atoms with van der Waals surface area (Å²) in [7, 11) is -8.39. The van der Waals surface area contributed by atoms with E-state index in [1.54, 1.807) is 47.6 Å². The molecule has 40 heavy (non-hydrogen) atoms. The molecule has 6 amide bonds. The number of rotatable bonds is 6. The number of aryl methyl sites for hydroxylation is 2. The number of urea groups is 2. The Hall–Kier alpha value is -4.96. The van der Waals surface area contributed by atoms with Crippen molar-refractivity contribution in [3.05, 3.63) is 95.1 Å². The molecule has 0 heterocycles. The van der Waals surface area contributed by atoms with Crippen LogP contribution in [0.2, 0.25) is 0 Å². The molecule has 0 saturated carbocycles. The third-order valence-electron chi connectivity index (χ3n) is 5.08. The van der Waals surface area contributed by atoms with Crippen molar-refractivity contribution in [3.8, 4) is 0 Å². The van der Waals surface area contributed by atoms with Gasteiger partial charge in [0, 0.05) is 11.1 Å². The molecular weight excluding hydrogens is 564 g/mol. The van der Waals surface area contributed by atoms with Gasteiger partial charge < -0.3 is 0 Å². The first-order chi connectivity index (χ1) is 18.8. The third-order valence-corrected chi connectivity index (χ3v) is 7.78. The molecule has 0 aliphatic heterocycles. The SMILES string of the molecule is Cc1ccc(S(=O)(=O)NC(=O)NNC(=O)c2cccc(C(=O)NNC(=O)NS(=O)(=O)c3ccc(C)cc3)c2)cc1. The standard InChI is InChI=1S/C24H24N6O8S2/c1-15-6-10-19(11-7-15)39(35,36)29-23(33)27-25-21(31)17-4-3-5-18(14-17)22(32)26-28-24(34)30-40(37,38)20-12-8-16(2)9-13-20/h3-14H,1-2H3,(H,25,31)(H,26,32)(H2,27,29,33)(H2,28,30,34). The van der Waals surface area contributed by atoms with Gasteiger partial charge in [-0.2, -0.15) is 0 Å². The Morgan fingerprint density at radius 3 is 1.23 bits per heavy atom. The highest BCUT2D eigenvalue weighted by Crippen LogP contribution is 2.11. The third kappa shape index (κ3) is 8.02. The number of nitrogens with one attached hydrogen (secondary N) is 6. The summed E-state index contributed by atoms with van der Waals surface area (Å²) in [6, 6.07) is 14.0. The summed E-state index contributed by atoms with van der Waals surface area (Å²) < 4.78 is 52.5. The van der Waals surface area contributed by atoms with E-state index in [1.165, 1.54) is 42.5 Å². The molecule has 3 aromatic carbocycles. The first-order valence-corrected chi connectivity index (χ1v) is 14.2. The highest BCUT2D eigenvalue weighted by atomic mass is 32.2. The smallest absolute Gasteiger partial charge is 0.267 e. The molecule has 0 aliphatic carbocycles. The lowest BCUT2D eigenvalue weighted by molar-refractivity contribution is 0.0936. The number of sulfonamides is 2. The van der Waals surface area contributed by atoms with E-state index in [4.69, 9.17) is 0 Å². The van der Waals surface area contributed by atoms with Gasteiger partial charge in [-0.3, -0.25) is 20.4 Å². The second-order valence-corrected chi connectivity index (χ2v) is 11.6. The largest absolute Gasteiger partial charge is 0.347 e. The van der Waals surface area contributed by atoms with E-state index >= 15 is 0 Å². The van der Waals surface area contributed by atoms with E-state index in [0.717, 1.165) is 17.2 Å². The lowest BCUT2D eigenvalue weighted by Crippen LogP contribution is -2.49. The molecule has 16 heteroatoms. The Kier molecular flexibility index (Phi) is 9.08. The Balaban J connectivity index is 1.53. The van der Waals surface area contributed by atoms with Crippen LogP contribution in [0, 0.1) is 13.8 Å². The van der Waals surface area contributed by atoms with Crippen molar-refractivity contribution in [2.75, 3.05) is 0 Å². The second-order valence-electron chi connectivity index (χ2n) is 8.23. The zero-order valence-corrected chi connectivity index (χ0v) is 22.6. The Morgan fingerprint density at radius 1 is 0.525 bits per heavy atom. The van der Waals surface area contributed by atoms with Crippen LogP contribution in [0.15, 0.2) is 82.6 Å². The van der Waals surface area contributed by atoms with Gasteiger partial charge in [0.1, 0.15) is 0 Å². The number of carbonyl (C=O) groups excluding carboxylic acids is 4. The van der Waals surface area contributed by atoms with E-state index < -0.39 is 43.9 Å². The topological polar surface area (TPSA) is 209 Å². The van der Waals surface area contributed by atoms with E-state index in [9.17, 15) is 36.0 Å². The van der Waals surface area contributed by atoms with Crippen molar-refractivity contribution in [2.45, 2.75) is 23.6 Å². The fourth-order valence-electron chi connectivity index (χ4n) is 3.02. The summed E-state index contributed by atoms with van der Waals surface area (Å²) in [6.07, 6.45) is 0. The normalized spacial score (nSPS) is 11.1. The van der Waals surface area contributed by atoms with Gasteiger partial charge in [-0.15, -0.1) is 0 Å². The highest BCUT2D eigenvalue weighted by molar-refractivity contribution is 7.90. The monoisotopic (exact) mass is 588 g/mol. The van der Waals surface area contributed by atoms with Crippen LogP contribution in [0.3, 0.4) is 0 Å². The Morgan fingerprint density at radius 2 is 0.875 bits per heavy atom. The van der Waals surface area contributed by atoms with E-state index in [0.29, 0.717) is 0 Å². The summed E-state index contributed by atoms with van der Waals surface area (Å²) in [5.74, 6) is -1.79. The molecule has 6 N–H and O–H groups in total. The van der Waals surface area contributed by atoms with E-state index in [-0.39, 0.29) is 20.9 Å². The molecule has 14 nitrogen and oxygen atoms in total. The number of hydrogen-bond acceptors (Lipinski definition) is 8. The minimum absolute atomic E-state index is 0.110. The molecule has 0 fully saturated rings. The fourth-order valence-corrected chi connectivity index (χ4v) is 4.84. The van der Waals surface area contributed by atoms with Gasteiger partial charge in [-0.05, 0) is 56.3 Å². The fraction of sp³-hybridized carbons (Fsp3) is 0.0833. The van der Waals surface area contributed by atoms with Crippen LogP contribution in [0.1, 0.15) is 31.8 Å². The molecule has 3 rings (SSSR count). The molecule has 210 valence electrons. The van der Waals surface area contributed by atoms with Crippen LogP contribution in [-0.2, 0) is 20.0 Å². The average molecular weight is 589 g/mol. The molecule has 0 aromatic heterocycles. The minimum Gasteiger partial charge on any atom is -0.267 e. The van der Waals surface area contributed by atoms with Crippen LogP contribution < -0.4 is 31.1 Å². The Bertz CT molecular complexity index is 1540. The van der Waals surface area contributed by atoms with Gasteiger partial charge in [0.25, 0.3) is 31.9 Å². The second kappa shape index (κ2) is 12.3. The molecule has 3 aromatic rings. The van der Waals surface area contributed by atoms with Crippen molar-refractivity contribution in [1.29, 1.82) is 0 Å². The van der Waals surface area contributed by atoms with Crippen LogP contribution in [0.25, 0.3) is 0 Å². The highest BCUT2D eigenvalue weighted by Gasteiger charge is 2.20. The molecule has 0 saturated heterocycles. The number of hydrogen-bond donors (Lipinski definition) is 6. The van der Waals surface area contributed by atoms with Crippen LogP contribution in [0.5, 0.6) is 0 Å². The summed E-state index contributed by atoms with van der Waals surface area (Å²) in [5.41, 5.74) is 9.20. The quantitative estimate of drug-likeness (QED) is 0.228. The van der Waals surface area contributed by atoms with Crippen molar-refractivity contribution in [1.82, 2.24) is 31.1 Å². The van der Waals surface area contributed by atoms with Gasteiger partial charge in [0.15, 0.2) is 0 Å². The first kappa shape index (κ1) is 29.6. The molecule has 0 bridgehead atoms. The van der Waals surface area contributed by atoms with Crippen molar-refractivity contribution >= 4 is 43.9 Å². The van der Waals surface area contributed by atoms with Gasteiger partial charge in [0.2, 0.25) is 0 Å². The van der Waals surface area contributed by atoms with Crippen molar-refractivity contribution in [2.24, 2.45) is 0 Å². The molecule has 0 spiro atoms. The van der Waals surface area contributed by atoms with E-state index in [1.807, 2.05) is 21.7 Å². The Labute approximate surface area is 229 Å². The van der Waals surface area contributed by atoms with Crippen LogP contribution in [0.4, 0.5) is 9.59 Å².